The fourth-order valence-corrected chi connectivity index (χ4v) is 4.33. The van der Waals surface area contributed by atoms with Crippen LogP contribution in [0.5, 0.6) is 5.75 Å². The van der Waals surface area contributed by atoms with E-state index in [1.54, 1.807) is 6.08 Å². The van der Waals surface area contributed by atoms with Gasteiger partial charge in [-0.25, -0.2) is 0 Å². The Bertz CT molecular complexity index is 808. The van der Waals surface area contributed by atoms with E-state index >= 15 is 0 Å². The number of aliphatic imine (C=N–C) groups is 1. The lowest BCUT2D eigenvalue weighted by atomic mass is 9.78. The number of carboxylic acid groups (broad SMARTS) is 1. The Kier molecular flexibility index (Phi) is 6.16. The van der Waals surface area contributed by atoms with E-state index in [0.717, 1.165) is 28.5 Å². The molecular weight excluding hydrogens is 382 g/mol. The van der Waals surface area contributed by atoms with Crippen LogP contribution in [-0.4, -0.2) is 32.2 Å². The van der Waals surface area contributed by atoms with Gasteiger partial charge < -0.3 is 10.2 Å². The fourth-order valence-electron chi connectivity index (χ4n) is 2.61. The average Bonchev–Trinajstić information content (AvgIpc) is 2.84. The van der Waals surface area contributed by atoms with Crippen LogP contribution in [-0.2, 0) is 20.4 Å². The third-order valence-corrected chi connectivity index (χ3v) is 6.08. The van der Waals surface area contributed by atoms with Crippen LogP contribution < -0.4 is 0 Å². The van der Waals surface area contributed by atoms with E-state index in [9.17, 15) is 14.7 Å². The number of phenols is 1. The molecule has 0 fully saturated rings. The maximum absolute atomic E-state index is 12.2. The number of benzene rings is 1. The summed E-state index contributed by atoms with van der Waals surface area (Å²) in [5.74, 6) is -1.16. The Labute approximate surface area is 168 Å². The smallest absolute Gasteiger partial charge is 0.313 e. The summed E-state index contributed by atoms with van der Waals surface area (Å²) in [6, 6.07) is 3.79. The number of carbonyl (C=O) groups excluding carboxylic acids is 1. The molecule has 2 N–H and O–H groups in total. The molecule has 1 aliphatic heterocycles. The first-order chi connectivity index (χ1) is 12.3. The molecule has 0 unspecified atom stereocenters. The van der Waals surface area contributed by atoms with Gasteiger partial charge in [0.25, 0.3) is 5.91 Å². The summed E-state index contributed by atoms with van der Waals surface area (Å²) in [5, 5.41) is 19.6. The first kappa shape index (κ1) is 21.6. The number of aliphatic carboxylic acids is 1. The predicted octanol–water partition coefficient (Wildman–Crippen LogP) is 4.78. The van der Waals surface area contributed by atoms with Gasteiger partial charge in [-0.15, -0.1) is 0 Å². The van der Waals surface area contributed by atoms with Crippen molar-refractivity contribution >= 4 is 45.9 Å². The maximum Gasteiger partial charge on any atom is 0.313 e. The van der Waals surface area contributed by atoms with Crippen LogP contribution in [0.1, 0.15) is 58.2 Å². The molecule has 146 valence electrons. The zero-order valence-electron chi connectivity index (χ0n) is 16.4. The lowest BCUT2D eigenvalue weighted by molar-refractivity contribution is -0.133. The van der Waals surface area contributed by atoms with E-state index in [0.29, 0.717) is 9.28 Å². The number of phenolic OH excluding ortho intramolecular Hbond substituents is 1. The lowest BCUT2D eigenvalue weighted by Gasteiger charge is -2.28. The number of nitrogens with zero attached hydrogens (tertiary/aromatic N) is 1. The number of rotatable bonds is 3. The molecule has 0 atom stereocenters. The van der Waals surface area contributed by atoms with Crippen LogP contribution in [0.3, 0.4) is 0 Å². The molecule has 5 nitrogen and oxygen atoms in total. The first-order valence-electron chi connectivity index (χ1n) is 8.54. The number of carboxylic acids is 1. The number of hydrogen-bond donors (Lipinski definition) is 2. The van der Waals surface area contributed by atoms with E-state index in [4.69, 9.17) is 5.11 Å². The van der Waals surface area contributed by atoms with Crippen LogP contribution in [0, 0.1) is 0 Å². The van der Waals surface area contributed by atoms with Gasteiger partial charge in [0.15, 0.2) is 0 Å². The van der Waals surface area contributed by atoms with E-state index in [1.165, 1.54) is 11.8 Å². The van der Waals surface area contributed by atoms with E-state index in [2.05, 4.69) is 4.99 Å². The summed E-state index contributed by atoms with van der Waals surface area (Å²) in [6.07, 6.45) is 1.76. The second-order valence-corrected chi connectivity index (χ2v) is 10.7. The summed E-state index contributed by atoms with van der Waals surface area (Å²) in [6.45, 7) is 12.2. The molecule has 1 aromatic carbocycles. The summed E-state index contributed by atoms with van der Waals surface area (Å²) < 4.78 is 0.444. The Morgan fingerprint density at radius 2 is 1.67 bits per heavy atom. The average molecular weight is 408 g/mol. The number of aromatic hydroxyl groups is 1. The van der Waals surface area contributed by atoms with Crippen LogP contribution in [0.25, 0.3) is 6.08 Å². The molecule has 1 heterocycles. The second-order valence-electron chi connectivity index (χ2n) is 8.44. The molecule has 27 heavy (non-hydrogen) atoms. The van der Waals surface area contributed by atoms with Gasteiger partial charge in [0.05, 0.1) is 10.7 Å². The molecule has 1 amide bonds. The first-order valence-corrected chi connectivity index (χ1v) is 10.3. The highest BCUT2D eigenvalue weighted by atomic mass is 32.2. The van der Waals surface area contributed by atoms with E-state index in [-0.39, 0.29) is 28.2 Å². The molecule has 0 saturated heterocycles. The van der Waals surface area contributed by atoms with Crippen molar-refractivity contribution in [1.82, 2.24) is 0 Å². The number of carbonyl (C=O) groups is 2. The van der Waals surface area contributed by atoms with Crippen LogP contribution in [0.4, 0.5) is 0 Å². The Morgan fingerprint density at radius 3 is 2.11 bits per heavy atom. The summed E-state index contributed by atoms with van der Waals surface area (Å²) in [7, 11) is 0. The number of amides is 1. The van der Waals surface area contributed by atoms with Gasteiger partial charge in [0.2, 0.25) is 0 Å². The zero-order chi connectivity index (χ0) is 20.6. The normalized spacial score (nSPS) is 16.7. The maximum atomic E-state index is 12.2. The second kappa shape index (κ2) is 7.72. The molecule has 0 bridgehead atoms. The molecule has 0 radical (unpaired) electrons. The quantitative estimate of drug-likeness (QED) is 0.702. The standard InChI is InChI=1S/C20H25NO4S2/c1-19(2,3)12-7-11(8-13(16(12)24)20(4,5)6)9-14-17(25)21-18(27-14)26-10-15(22)23/h7-9,24H,10H2,1-6H3,(H,22,23)/b14-9-. The molecule has 7 heteroatoms. The summed E-state index contributed by atoms with van der Waals surface area (Å²) in [5.41, 5.74) is 1.94. The minimum Gasteiger partial charge on any atom is -0.507 e. The van der Waals surface area contributed by atoms with Gasteiger partial charge >= 0.3 is 5.97 Å². The number of hydrogen-bond acceptors (Lipinski definition) is 5. The topological polar surface area (TPSA) is 87.0 Å². The molecule has 0 saturated carbocycles. The highest BCUT2D eigenvalue weighted by Gasteiger charge is 2.27. The third-order valence-electron chi connectivity index (χ3n) is 3.97. The molecule has 0 aromatic heterocycles. The molecule has 2 rings (SSSR count). The molecule has 0 spiro atoms. The van der Waals surface area contributed by atoms with Gasteiger partial charge in [0.1, 0.15) is 10.1 Å². The Hall–Kier alpha value is -1.73. The van der Waals surface area contributed by atoms with Crippen molar-refractivity contribution < 1.29 is 19.8 Å². The van der Waals surface area contributed by atoms with Crippen molar-refractivity contribution in [1.29, 1.82) is 0 Å². The fraction of sp³-hybridized carbons (Fsp3) is 0.450. The van der Waals surface area contributed by atoms with Gasteiger partial charge in [-0.3, -0.25) is 9.59 Å². The van der Waals surface area contributed by atoms with Crippen molar-refractivity contribution in [3.05, 3.63) is 33.7 Å². The highest BCUT2D eigenvalue weighted by molar-refractivity contribution is 8.41. The van der Waals surface area contributed by atoms with E-state index < -0.39 is 5.97 Å². The van der Waals surface area contributed by atoms with Crippen LogP contribution >= 0.6 is 23.5 Å². The SMILES string of the molecule is CC(C)(C)c1cc(/C=C2\SC(SCC(=O)O)=NC2=O)cc(C(C)(C)C)c1O. The lowest BCUT2D eigenvalue weighted by Crippen LogP contribution is -2.17. The number of thioether (sulfide) groups is 2. The van der Waals surface area contributed by atoms with Crippen molar-refractivity contribution in [3.8, 4) is 5.75 Å². The zero-order valence-corrected chi connectivity index (χ0v) is 18.0. The molecule has 1 aromatic rings. The van der Waals surface area contributed by atoms with Gasteiger partial charge in [0, 0.05) is 11.1 Å². The summed E-state index contributed by atoms with van der Waals surface area (Å²) in [4.78, 5) is 27.2. The van der Waals surface area contributed by atoms with Crippen molar-refractivity contribution in [3.63, 3.8) is 0 Å². The van der Waals surface area contributed by atoms with E-state index in [1.807, 2.05) is 53.7 Å². The minimum atomic E-state index is -0.948. The van der Waals surface area contributed by atoms with Crippen molar-refractivity contribution in [2.75, 3.05) is 5.75 Å². The predicted molar refractivity (Wildman–Crippen MR) is 114 cm³/mol. The third kappa shape index (κ3) is 5.39. The molecular formula is C20H25NO4S2. The van der Waals surface area contributed by atoms with Gasteiger partial charge in [-0.1, -0.05) is 65.1 Å². The van der Waals surface area contributed by atoms with Crippen LogP contribution in [0.2, 0.25) is 0 Å². The molecule has 0 aliphatic carbocycles. The minimum absolute atomic E-state index is 0.131. The van der Waals surface area contributed by atoms with Gasteiger partial charge in [-0.05, 0) is 34.6 Å². The van der Waals surface area contributed by atoms with Gasteiger partial charge in [-0.2, -0.15) is 4.99 Å². The van der Waals surface area contributed by atoms with Crippen molar-refractivity contribution in [2.24, 2.45) is 4.99 Å². The van der Waals surface area contributed by atoms with Crippen molar-refractivity contribution in [2.45, 2.75) is 52.4 Å². The Morgan fingerprint density at radius 1 is 1.15 bits per heavy atom. The van der Waals surface area contributed by atoms with Crippen LogP contribution in [0.15, 0.2) is 22.0 Å². The largest absolute Gasteiger partial charge is 0.507 e. The highest BCUT2D eigenvalue weighted by Crippen LogP contribution is 2.41. The molecule has 1 aliphatic rings. The summed E-state index contributed by atoms with van der Waals surface area (Å²) >= 11 is 2.22. The Balaban J connectivity index is 2.43. The monoisotopic (exact) mass is 407 g/mol.